The minimum atomic E-state index is -0.0453. The zero-order valence-electron chi connectivity index (χ0n) is 15.8. The lowest BCUT2D eigenvalue weighted by Gasteiger charge is -2.22. The molecule has 0 bridgehead atoms. The van der Waals surface area contributed by atoms with Crippen LogP contribution in [0.4, 0.5) is 5.13 Å². The minimum Gasteiger partial charge on any atom is -0.376 e. The molecule has 5 rings (SSSR count). The number of hydrogen-bond acceptors (Lipinski definition) is 7. The molecule has 1 amide bonds. The summed E-state index contributed by atoms with van der Waals surface area (Å²) < 4.78 is 6.91. The number of nitrogens with zero attached hydrogens (tertiary/aromatic N) is 3. The van der Waals surface area contributed by atoms with E-state index in [1.165, 1.54) is 11.3 Å². The molecule has 4 heterocycles. The van der Waals surface area contributed by atoms with Crippen LogP contribution >= 0.6 is 34.0 Å². The van der Waals surface area contributed by atoms with Crippen molar-refractivity contribution < 1.29 is 9.53 Å². The quantitative estimate of drug-likeness (QED) is 0.404. The van der Waals surface area contributed by atoms with Crippen LogP contribution in [0.25, 0.3) is 20.8 Å². The van der Waals surface area contributed by atoms with Gasteiger partial charge in [-0.05, 0) is 43.3 Å². The summed E-state index contributed by atoms with van der Waals surface area (Å²) in [6.07, 6.45) is 2.06. The molecule has 8 heteroatoms. The van der Waals surface area contributed by atoms with Crippen molar-refractivity contribution in [3.8, 4) is 10.6 Å². The van der Waals surface area contributed by atoms with E-state index in [9.17, 15) is 4.79 Å². The van der Waals surface area contributed by atoms with Crippen LogP contribution in [0.15, 0.2) is 41.1 Å². The van der Waals surface area contributed by atoms with E-state index >= 15 is 0 Å². The van der Waals surface area contributed by atoms with E-state index in [0.717, 1.165) is 51.1 Å². The van der Waals surface area contributed by atoms with Crippen molar-refractivity contribution >= 4 is 55.3 Å². The fraction of sp³-hybridized carbons (Fsp3) is 0.286. The van der Waals surface area contributed by atoms with Crippen LogP contribution < -0.4 is 4.90 Å². The maximum atomic E-state index is 13.6. The fourth-order valence-electron chi connectivity index (χ4n) is 3.44. The van der Waals surface area contributed by atoms with Crippen molar-refractivity contribution in [1.29, 1.82) is 0 Å². The van der Waals surface area contributed by atoms with Crippen molar-refractivity contribution in [3.63, 3.8) is 0 Å². The molecule has 1 aliphatic rings. The maximum absolute atomic E-state index is 13.6. The van der Waals surface area contributed by atoms with Crippen LogP contribution in [0.3, 0.4) is 0 Å². The number of carbonyl (C=O) groups is 1. The standard InChI is InChI=1S/C21H19N3O2S3/c1-13-18(29-19(22-13)14-8-10-27-12-14)20(25)24(11-15-5-4-9-26-15)21-23-16-6-2-3-7-17(16)28-21/h2-3,6-8,10,12,15H,4-5,9,11H2,1H3/t15-/m1/s1. The molecule has 0 radical (unpaired) electrons. The Bertz CT molecular complexity index is 1110. The second-order valence-corrected chi connectivity index (χ2v) is 9.75. The van der Waals surface area contributed by atoms with Gasteiger partial charge >= 0.3 is 0 Å². The lowest BCUT2D eigenvalue weighted by atomic mass is 10.2. The monoisotopic (exact) mass is 441 g/mol. The van der Waals surface area contributed by atoms with Crippen molar-refractivity contribution in [2.45, 2.75) is 25.9 Å². The van der Waals surface area contributed by atoms with Gasteiger partial charge in [-0.1, -0.05) is 23.5 Å². The topological polar surface area (TPSA) is 55.3 Å². The van der Waals surface area contributed by atoms with Crippen LogP contribution in [-0.2, 0) is 4.74 Å². The molecule has 0 aliphatic carbocycles. The van der Waals surface area contributed by atoms with Gasteiger partial charge in [0.15, 0.2) is 5.13 Å². The Hall–Kier alpha value is -2.13. The third kappa shape index (κ3) is 3.73. The number of thiazole rings is 2. The number of amides is 1. The zero-order valence-corrected chi connectivity index (χ0v) is 18.3. The van der Waals surface area contributed by atoms with E-state index in [0.29, 0.717) is 11.4 Å². The maximum Gasteiger partial charge on any atom is 0.272 e. The summed E-state index contributed by atoms with van der Waals surface area (Å²) in [7, 11) is 0. The summed E-state index contributed by atoms with van der Waals surface area (Å²) in [5, 5.41) is 5.69. The number of fused-ring (bicyclic) bond motifs is 1. The van der Waals surface area contributed by atoms with Crippen LogP contribution in [0, 0.1) is 6.92 Å². The molecule has 0 spiro atoms. The molecule has 29 heavy (non-hydrogen) atoms. The lowest BCUT2D eigenvalue weighted by Crippen LogP contribution is -2.37. The Morgan fingerprint density at radius 1 is 1.24 bits per heavy atom. The summed E-state index contributed by atoms with van der Waals surface area (Å²) >= 11 is 4.63. The number of aromatic nitrogens is 2. The highest BCUT2D eigenvalue weighted by Crippen LogP contribution is 2.34. The normalized spacial score (nSPS) is 16.5. The van der Waals surface area contributed by atoms with Crippen LogP contribution in [-0.4, -0.2) is 35.1 Å². The van der Waals surface area contributed by atoms with Gasteiger partial charge in [0.2, 0.25) is 0 Å². The number of hydrogen-bond donors (Lipinski definition) is 0. The molecule has 1 fully saturated rings. The summed E-state index contributed by atoms with van der Waals surface area (Å²) in [6.45, 7) is 3.18. The molecule has 0 saturated carbocycles. The first kappa shape index (κ1) is 18.9. The van der Waals surface area contributed by atoms with Crippen LogP contribution in [0.1, 0.15) is 28.2 Å². The number of carbonyl (C=O) groups excluding carboxylic acids is 1. The van der Waals surface area contributed by atoms with Gasteiger partial charge in [0, 0.05) is 17.6 Å². The Kier molecular flexibility index (Phi) is 5.17. The number of benzene rings is 1. The Morgan fingerprint density at radius 3 is 2.90 bits per heavy atom. The highest BCUT2D eigenvalue weighted by Gasteiger charge is 2.29. The van der Waals surface area contributed by atoms with Crippen molar-refractivity contribution in [2.75, 3.05) is 18.1 Å². The molecule has 148 valence electrons. The SMILES string of the molecule is Cc1nc(-c2ccsc2)sc1C(=O)N(C[C@H]1CCCO1)c1nc2ccccc2s1. The van der Waals surface area contributed by atoms with E-state index in [2.05, 4.69) is 10.4 Å². The highest BCUT2D eigenvalue weighted by atomic mass is 32.1. The molecule has 5 nitrogen and oxygen atoms in total. The second-order valence-electron chi connectivity index (χ2n) is 6.96. The fourth-order valence-corrected chi connectivity index (χ4v) is 6.14. The van der Waals surface area contributed by atoms with Crippen LogP contribution in [0.5, 0.6) is 0 Å². The van der Waals surface area contributed by atoms with Gasteiger partial charge < -0.3 is 4.74 Å². The van der Waals surface area contributed by atoms with Gasteiger partial charge in [0.1, 0.15) is 9.88 Å². The number of rotatable bonds is 5. The van der Waals surface area contributed by atoms with Crippen molar-refractivity contribution in [1.82, 2.24) is 9.97 Å². The van der Waals surface area contributed by atoms with Crippen LogP contribution in [0.2, 0.25) is 0 Å². The number of anilines is 1. The van der Waals surface area contributed by atoms with Gasteiger partial charge in [0.05, 0.1) is 28.6 Å². The Balaban J connectivity index is 1.52. The zero-order chi connectivity index (χ0) is 19.8. The number of ether oxygens (including phenoxy) is 1. The first-order chi connectivity index (χ1) is 14.2. The van der Waals surface area contributed by atoms with Crippen molar-refractivity contribution in [3.05, 3.63) is 51.7 Å². The smallest absolute Gasteiger partial charge is 0.272 e. The minimum absolute atomic E-state index is 0.0453. The summed E-state index contributed by atoms with van der Waals surface area (Å²) in [5.41, 5.74) is 2.74. The first-order valence-electron chi connectivity index (χ1n) is 9.48. The van der Waals surface area contributed by atoms with Gasteiger partial charge in [0.25, 0.3) is 5.91 Å². The molecule has 4 aromatic rings. The van der Waals surface area contributed by atoms with Gasteiger partial charge in [-0.2, -0.15) is 11.3 Å². The summed E-state index contributed by atoms with van der Waals surface area (Å²) in [6, 6.07) is 10.0. The lowest BCUT2D eigenvalue weighted by molar-refractivity contribution is 0.0920. The molecular formula is C21H19N3O2S3. The third-order valence-electron chi connectivity index (χ3n) is 4.93. The van der Waals surface area contributed by atoms with Gasteiger partial charge in [-0.3, -0.25) is 9.69 Å². The second kappa shape index (κ2) is 7.95. The molecule has 0 unspecified atom stereocenters. The third-order valence-corrected chi connectivity index (χ3v) is 7.86. The number of thiophene rings is 1. The molecule has 1 aromatic carbocycles. The largest absolute Gasteiger partial charge is 0.376 e. The van der Waals surface area contributed by atoms with E-state index < -0.39 is 0 Å². The summed E-state index contributed by atoms with van der Waals surface area (Å²) in [5.74, 6) is -0.0453. The first-order valence-corrected chi connectivity index (χ1v) is 12.1. The Labute approximate surface area is 180 Å². The number of aryl methyl sites for hydroxylation is 1. The van der Waals surface area contributed by atoms with Gasteiger partial charge in [-0.25, -0.2) is 9.97 Å². The Morgan fingerprint density at radius 2 is 2.14 bits per heavy atom. The van der Waals surface area contributed by atoms with E-state index in [1.807, 2.05) is 42.6 Å². The van der Waals surface area contributed by atoms with E-state index in [-0.39, 0.29) is 12.0 Å². The molecule has 3 aromatic heterocycles. The molecule has 0 N–H and O–H groups in total. The summed E-state index contributed by atoms with van der Waals surface area (Å²) in [4.78, 5) is 25.5. The van der Waals surface area contributed by atoms with E-state index in [1.54, 1.807) is 27.6 Å². The predicted octanol–water partition coefficient (Wildman–Crippen LogP) is 5.62. The average molecular weight is 442 g/mol. The van der Waals surface area contributed by atoms with E-state index in [4.69, 9.17) is 9.72 Å². The molecular weight excluding hydrogens is 422 g/mol. The molecule has 1 atom stereocenters. The van der Waals surface area contributed by atoms with Crippen molar-refractivity contribution in [2.24, 2.45) is 0 Å². The molecule has 1 saturated heterocycles. The number of para-hydroxylation sites is 1. The van der Waals surface area contributed by atoms with Gasteiger partial charge in [-0.15, -0.1) is 11.3 Å². The average Bonchev–Trinajstić information content (AvgIpc) is 3.52. The highest BCUT2D eigenvalue weighted by molar-refractivity contribution is 7.22. The predicted molar refractivity (Wildman–Crippen MR) is 120 cm³/mol. The molecule has 1 aliphatic heterocycles.